The van der Waals surface area contributed by atoms with E-state index in [1.165, 1.54) is 25.3 Å². The third kappa shape index (κ3) is 3.05. The summed E-state index contributed by atoms with van der Waals surface area (Å²) in [6.45, 7) is 3.75. The normalized spacial score (nSPS) is 16.6. The van der Waals surface area contributed by atoms with E-state index in [0.717, 1.165) is 26.2 Å². The van der Waals surface area contributed by atoms with Crippen LogP contribution in [0.5, 0.6) is 5.75 Å². The molecule has 0 atom stereocenters. The van der Waals surface area contributed by atoms with Crippen LogP contribution in [0.2, 0.25) is 0 Å². The lowest BCUT2D eigenvalue weighted by atomic mass is 10.1. The summed E-state index contributed by atoms with van der Waals surface area (Å²) in [5.41, 5.74) is 0.316. The van der Waals surface area contributed by atoms with Gasteiger partial charge < -0.3 is 10.1 Å². The standard InChI is InChI=1S/C13H17FN2O2/c1-18-13-3-2-10(14)8-11(13)12(17)9-16-6-4-15-5-7-16/h2-3,8,15H,4-7,9H2,1H3. The smallest absolute Gasteiger partial charge is 0.180 e. The Kier molecular flexibility index (Phi) is 4.28. The van der Waals surface area contributed by atoms with Crippen LogP contribution in [0.15, 0.2) is 18.2 Å². The number of hydrogen-bond donors (Lipinski definition) is 1. The first-order valence-electron chi connectivity index (χ1n) is 6.00. The molecule has 0 aromatic heterocycles. The first kappa shape index (κ1) is 13.0. The average Bonchev–Trinajstić information content (AvgIpc) is 2.40. The van der Waals surface area contributed by atoms with Crippen LogP contribution in [-0.4, -0.2) is 50.5 Å². The highest BCUT2D eigenvalue weighted by atomic mass is 19.1. The minimum atomic E-state index is -0.417. The van der Waals surface area contributed by atoms with Crippen molar-refractivity contribution in [1.82, 2.24) is 10.2 Å². The molecule has 1 N–H and O–H groups in total. The number of rotatable bonds is 4. The molecule has 0 amide bonds. The fourth-order valence-electron chi connectivity index (χ4n) is 2.06. The zero-order valence-electron chi connectivity index (χ0n) is 10.4. The molecule has 0 aliphatic carbocycles. The average molecular weight is 252 g/mol. The number of halogens is 1. The lowest BCUT2D eigenvalue weighted by molar-refractivity contribution is 0.0918. The van der Waals surface area contributed by atoms with Crippen LogP contribution in [0.3, 0.4) is 0 Å². The Morgan fingerprint density at radius 3 is 2.83 bits per heavy atom. The van der Waals surface area contributed by atoms with Gasteiger partial charge in [-0.3, -0.25) is 9.69 Å². The van der Waals surface area contributed by atoms with Crippen molar-refractivity contribution < 1.29 is 13.9 Å². The minimum Gasteiger partial charge on any atom is -0.496 e. The predicted octanol–water partition coefficient (Wildman–Crippen LogP) is 0.922. The molecule has 18 heavy (non-hydrogen) atoms. The second-order valence-corrected chi connectivity index (χ2v) is 4.29. The Morgan fingerprint density at radius 1 is 1.44 bits per heavy atom. The van der Waals surface area contributed by atoms with Crippen molar-refractivity contribution in [2.24, 2.45) is 0 Å². The number of benzene rings is 1. The van der Waals surface area contributed by atoms with E-state index in [2.05, 4.69) is 10.2 Å². The number of nitrogens with zero attached hydrogens (tertiary/aromatic N) is 1. The Labute approximate surface area is 106 Å². The largest absolute Gasteiger partial charge is 0.496 e. The number of hydrogen-bond acceptors (Lipinski definition) is 4. The summed E-state index contributed by atoms with van der Waals surface area (Å²) in [5.74, 6) is -0.0933. The lowest BCUT2D eigenvalue weighted by Crippen LogP contribution is -2.45. The van der Waals surface area contributed by atoms with E-state index in [1.54, 1.807) is 0 Å². The van der Waals surface area contributed by atoms with Gasteiger partial charge in [-0.15, -0.1) is 0 Å². The van der Waals surface area contributed by atoms with Gasteiger partial charge in [-0.05, 0) is 18.2 Å². The van der Waals surface area contributed by atoms with Gasteiger partial charge in [0, 0.05) is 26.2 Å². The molecule has 0 radical (unpaired) electrons. The van der Waals surface area contributed by atoms with Gasteiger partial charge in [0.05, 0.1) is 19.2 Å². The van der Waals surface area contributed by atoms with Crippen molar-refractivity contribution in [2.75, 3.05) is 39.8 Å². The summed E-state index contributed by atoms with van der Waals surface area (Å²) in [4.78, 5) is 14.2. The number of methoxy groups -OCH3 is 1. The molecular formula is C13H17FN2O2. The topological polar surface area (TPSA) is 41.6 Å². The molecule has 98 valence electrons. The Hall–Kier alpha value is -1.46. The second-order valence-electron chi connectivity index (χ2n) is 4.29. The number of nitrogens with one attached hydrogen (secondary N) is 1. The summed E-state index contributed by atoms with van der Waals surface area (Å²) in [5, 5.41) is 3.22. The third-order valence-corrected chi connectivity index (χ3v) is 3.04. The van der Waals surface area contributed by atoms with Gasteiger partial charge in [-0.2, -0.15) is 0 Å². The second kappa shape index (κ2) is 5.93. The van der Waals surface area contributed by atoms with E-state index in [-0.39, 0.29) is 5.78 Å². The molecule has 0 unspecified atom stereocenters. The number of ether oxygens (including phenoxy) is 1. The van der Waals surface area contributed by atoms with E-state index in [9.17, 15) is 9.18 Å². The molecule has 1 aromatic rings. The van der Waals surface area contributed by atoms with Crippen molar-refractivity contribution in [3.63, 3.8) is 0 Å². The van der Waals surface area contributed by atoms with Gasteiger partial charge in [0.25, 0.3) is 0 Å². The van der Waals surface area contributed by atoms with Crippen LogP contribution in [0, 0.1) is 5.82 Å². The van der Waals surface area contributed by atoms with Gasteiger partial charge in [0.15, 0.2) is 5.78 Å². The molecule has 1 aliphatic heterocycles. The quantitative estimate of drug-likeness (QED) is 0.809. The molecule has 1 aromatic carbocycles. The Morgan fingerprint density at radius 2 is 2.17 bits per heavy atom. The van der Waals surface area contributed by atoms with Gasteiger partial charge in [-0.1, -0.05) is 0 Å². The molecule has 1 heterocycles. The van der Waals surface area contributed by atoms with E-state index >= 15 is 0 Å². The van der Waals surface area contributed by atoms with Gasteiger partial charge in [-0.25, -0.2) is 4.39 Å². The predicted molar refractivity (Wildman–Crippen MR) is 66.6 cm³/mol. The van der Waals surface area contributed by atoms with Crippen molar-refractivity contribution in [3.8, 4) is 5.75 Å². The van der Waals surface area contributed by atoms with Gasteiger partial charge in [0.2, 0.25) is 0 Å². The lowest BCUT2D eigenvalue weighted by Gasteiger charge is -2.26. The maximum Gasteiger partial charge on any atom is 0.180 e. The molecule has 0 bridgehead atoms. The maximum atomic E-state index is 13.2. The fourth-order valence-corrected chi connectivity index (χ4v) is 2.06. The number of carbonyl (C=O) groups excluding carboxylic acids is 1. The number of carbonyl (C=O) groups is 1. The molecule has 0 saturated carbocycles. The summed E-state index contributed by atoms with van der Waals surface area (Å²) >= 11 is 0. The summed E-state index contributed by atoms with van der Waals surface area (Å²) in [7, 11) is 1.48. The van der Waals surface area contributed by atoms with Gasteiger partial charge in [0.1, 0.15) is 11.6 Å². The highest BCUT2D eigenvalue weighted by molar-refractivity contribution is 6.00. The van der Waals surface area contributed by atoms with E-state index in [0.29, 0.717) is 17.9 Å². The number of piperazine rings is 1. The number of Topliss-reactive ketones (excluding diaryl/α,β-unsaturated/α-hetero) is 1. The molecule has 1 fully saturated rings. The van der Waals surface area contributed by atoms with Crippen molar-refractivity contribution in [3.05, 3.63) is 29.6 Å². The molecule has 2 rings (SSSR count). The van der Waals surface area contributed by atoms with E-state index in [4.69, 9.17) is 4.74 Å². The highest BCUT2D eigenvalue weighted by Gasteiger charge is 2.18. The van der Waals surface area contributed by atoms with Crippen LogP contribution in [0.1, 0.15) is 10.4 Å². The minimum absolute atomic E-state index is 0.103. The van der Waals surface area contributed by atoms with Crippen LogP contribution in [0.4, 0.5) is 4.39 Å². The van der Waals surface area contributed by atoms with E-state index in [1.807, 2.05) is 0 Å². The monoisotopic (exact) mass is 252 g/mol. The molecule has 5 heteroatoms. The Bertz CT molecular complexity index is 431. The van der Waals surface area contributed by atoms with Crippen molar-refractivity contribution in [1.29, 1.82) is 0 Å². The zero-order valence-corrected chi connectivity index (χ0v) is 10.4. The molecule has 1 saturated heterocycles. The maximum absolute atomic E-state index is 13.2. The van der Waals surface area contributed by atoms with E-state index < -0.39 is 5.82 Å². The van der Waals surface area contributed by atoms with Crippen LogP contribution < -0.4 is 10.1 Å². The first-order valence-corrected chi connectivity index (χ1v) is 6.00. The van der Waals surface area contributed by atoms with Gasteiger partial charge >= 0.3 is 0 Å². The van der Waals surface area contributed by atoms with Crippen LogP contribution in [-0.2, 0) is 0 Å². The summed E-state index contributed by atoms with van der Waals surface area (Å²) in [6.07, 6.45) is 0. The fraction of sp³-hybridized carbons (Fsp3) is 0.462. The van der Waals surface area contributed by atoms with Crippen molar-refractivity contribution in [2.45, 2.75) is 0 Å². The van der Waals surface area contributed by atoms with Crippen LogP contribution >= 0.6 is 0 Å². The molecular weight excluding hydrogens is 235 g/mol. The SMILES string of the molecule is COc1ccc(F)cc1C(=O)CN1CCNCC1. The van der Waals surface area contributed by atoms with Crippen LogP contribution in [0.25, 0.3) is 0 Å². The molecule has 0 spiro atoms. The molecule has 4 nitrogen and oxygen atoms in total. The summed E-state index contributed by atoms with van der Waals surface area (Å²) in [6, 6.07) is 4.02. The Balaban J connectivity index is 2.09. The molecule has 1 aliphatic rings. The highest BCUT2D eigenvalue weighted by Crippen LogP contribution is 2.20. The first-order chi connectivity index (χ1) is 8.70. The number of ketones is 1. The summed E-state index contributed by atoms with van der Waals surface area (Å²) < 4.78 is 18.3. The zero-order chi connectivity index (χ0) is 13.0. The third-order valence-electron chi connectivity index (χ3n) is 3.04. The van der Waals surface area contributed by atoms with Crippen molar-refractivity contribution >= 4 is 5.78 Å².